The molecule has 0 saturated heterocycles. The van der Waals surface area contributed by atoms with E-state index in [1.807, 2.05) is 0 Å². The average Bonchev–Trinajstić information content (AvgIpc) is 2.21. The van der Waals surface area contributed by atoms with Crippen LogP contribution < -0.4 is 5.32 Å². The van der Waals surface area contributed by atoms with E-state index < -0.39 is 34.4 Å². The number of amides is 1. The monoisotopic (exact) mass is 289 g/mol. The quantitative estimate of drug-likeness (QED) is 0.653. The number of hydrogen-bond acceptors (Lipinski definition) is 1. The van der Waals surface area contributed by atoms with Gasteiger partial charge in [0.15, 0.2) is 0 Å². The highest BCUT2D eigenvalue weighted by Crippen LogP contribution is 2.36. The number of nitrogens with one attached hydrogen (secondary N) is 1. The molecule has 0 saturated carbocycles. The highest BCUT2D eigenvalue weighted by Gasteiger charge is 2.34. The van der Waals surface area contributed by atoms with Crippen molar-refractivity contribution in [3.05, 3.63) is 28.5 Å². The molecule has 8 heteroatoms. The van der Waals surface area contributed by atoms with Crippen LogP contribution in [0.4, 0.5) is 23.2 Å². The van der Waals surface area contributed by atoms with Crippen LogP contribution in [0.3, 0.4) is 0 Å². The molecule has 0 heterocycles. The van der Waals surface area contributed by atoms with E-state index in [2.05, 4.69) is 5.32 Å². The second-order valence-electron chi connectivity index (χ2n) is 2.99. The van der Waals surface area contributed by atoms with Gasteiger partial charge in [-0.1, -0.05) is 11.6 Å². The second-order valence-corrected chi connectivity index (χ2v) is 3.67. The lowest BCUT2D eigenvalue weighted by molar-refractivity contribution is -0.139. The number of hydrogen-bond donors (Lipinski definition) is 1. The summed E-state index contributed by atoms with van der Waals surface area (Å²) in [5.41, 5.74) is -1.76. The molecule has 0 fully saturated rings. The lowest BCUT2D eigenvalue weighted by Gasteiger charge is -2.11. The number of benzene rings is 1. The Morgan fingerprint density at radius 3 is 2.41 bits per heavy atom. The van der Waals surface area contributed by atoms with E-state index in [9.17, 15) is 22.4 Å². The zero-order chi connectivity index (χ0) is 13.2. The van der Waals surface area contributed by atoms with E-state index >= 15 is 0 Å². The summed E-state index contributed by atoms with van der Waals surface area (Å²) < 4.78 is 50.0. The third-order valence-corrected chi connectivity index (χ3v) is 2.31. The summed E-state index contributed by atoms with van der Waals surface area (Å²) in [5, 5.41) is 1.65. The van der Waals surface area contributed by atoms with Gasteiger partial charge in [0.05, 0.1) is 16.3 Å². The molecule has 1 amide bonds. The van der Waals surface area contributed by atoms with E-state index in [1.165, 1.54) is 0 Å². The van der Waals surface area contributed by atoms with Gasteiger partial charge in [0.2, 0.25) is 5.91 Å². The van der Waals surface area contributed by atoms with Crippen molar-refractivity contribution in [2.75, 3.05) is 11.2 Å². The van der Waals surface area contributed by atoms with Gasteiger partial charge in [-0.05, 0) is 12.1 Å². The molecular formula is C9H5Cl2F4NO. The molecule has 0 aliphatic carbocycles. The van der Waals surface area contributed by atoms with Gasteiger partial charge < -0.3 is 5.32 Å². The Bertz CT molecular complexity index is 447. The number of halogens is 6. The van der Waals surface area contributed by atoms with Crippen molar-refractivity contribution in [1.29, 1.82) is 0 Å². The first-order chi connectivity index (χ1) is 7.75. The summed E-state index contributed by atoms with van der Waals surface area (Å²) in [5.74, 6) is -2.64. The van der Waals surface area contributed by atoms with Gasteiger partial charge in [-0.25, -0.2) is 4.39 Å². The summed E-state index contributed by atoms with van der Waals surface area (Å²) in [6, 6.07) is 0.899. The summed E-state index contributed by atoms with van der Waals surface area (Å²) in [7, 11) is 0. The third-order valence-electron chi connectivity index (χ3n) is 1.76. The number of carbonyl (C=O) groups excluding carboxylic acids is 1. The van der Waals surface area contributed by atoms with E-state index in [0.29, 0.717) is 12.1 Å². The summed E-state index contributed by atoms with van der Waals surface area (Å²) in [6.07, 6.45) is -4.84. The van der Waals surface area contributed by atoms with Crippen LogP contribution in [0.25, 0.3) is 0 Å². The molecule has 0 unspecified atom stereocenters. The minimum atomic E-state index is -4.84. The maximum absolute atomic E-state index is 13.1. The molecule has 0 bridgehead atoms. The van der Waals surface area contributed by atoms with Gasteiger partial charge in [0.25, 0.3) is 0 Å². The third kappa shape index (κ3) is 3.47. The molecule has 1 aromatic rings. The van der Waals surface area contributed by atoms with Gasteiger partial charge in [0, 0.05) is 0 Å². The molecule has 1 N–H and O–H groups in total. The Kier molecular flexibility index (Phi) is 4.21. The molecule has 0 aliphatic rings. The van der Waals surface area contributed by atoms with Crippen molar-refractivity contribution in [1.82, 2.24) is 0 Å². The SMILES string of the molecule is O=C(CCl)Nc1cc(F)c(C(F)(F)F)cc1Cl. The highest BCUT2D eigenvalue weighted by atomic mass is 35.5. The fraction of sp³-hybridized carbons (Fsp3) is 0.222. The Balaban J connectivity index is 3.14. The molecule has 2 nitrogen and oxygen atoms in total. The zero-order valence-corrected chi connectivity index (χ0v) is 9.55. The molecule has 17 heavy (non-hydrogen) atoms. The van der Waals surface area contributed by atoms with Crippen molar-refractivity contribution in [2.45, 2.75) is 6.18 Å². The molecule has 0 spiro atoms. The van der Waals surface area contributed by atoms with Gasteiger partial charge in [-0.15, -0.1) is 11.6 Å². The van der Waals surface area contributed by atoms with Gasteiger partial charge in [0.1, 0.15) is 11.7 Å². The van der Waals surface area contributed by atoms with Crippen molar-refractivity contribution in [3.8, 4) is 0 Å². The maximum atomic E-state index is 13.1. The first-order valence-corrected chi connectivity index (χ1v) is 5.09. The van der Waals surface area contributed by atoms with Crippen LogP contribution in [-0.2, 0) is 11.0 Å². The van der Waals surface area contributed by atoms with Crippen LogP contribution in [0.15, 0.2) is 12.1 Å². The van der Waals surface area contributed by atoms with Crippen molar-refractivity contribution in [3.63, 3.8) is 0 Å². The summed E-state index contributed by atoms with van der Waals surface area (Å²) >= 11 is 10.7. The zero-order valence-electron chi connectivity index (χ0n) is 8.04. The highest BCUT2D eigenvalue weighted by molar-refractivity contribution is 6.34. The predicted molar refractivity (Wildman–Crippen MR) is 55.8 cm³/mol. The minimum absolute atomic E-state index is 0.261. The molecule has 0 aliphatic heterocycles. The predicted octanol–water partition coefficient (Wildman–Crippen LogP) is 3.68. The van der Waals surface area contributed by atoms with Crippen LogP contribution in [-0.4, -0.2) is 11.8 Å². The first kappa shape index (κ1) is 14.1. The molecule has 1 aromatic carbocycles. The van der Waals surface area contributed by atoms with Crippen molar-refractivity contribution < 1.29 is 22.4 Å². The number of rotatable bonds is 2. The topological polar surface area (TPSA) is 29.1 Å². The number of alkyl halides is 4. The van der Waals surface area contributed by atoms with Gasteiger partial charge in [-0.2, -0.15) is 13.2 Å². The smallest absolute Gasteiger partial charge is 0.324 e. The Morgan fingerprint density at radius 1 is 1.35 bits per heavy atom. The number of anilines is 1. The molecule has 0 aromatic heterocycles. The summed E-state index contributed by atoms with van der Waals surface area (Å²) in [4.78, 5) is 10.9. The standard InChI is InChI=1S/C9H5Cl2F4NO/c10-3-8(17)16-7-2-6(12)4(1-5(7)11)9(13,14)15/h1-2H,3H2,(H,16,17). The lowest BCUT2D eigenvalue weighted by atomic mass is 10.2. The van der Waals surface area contributed by atoms with Crippen LogP contribution in [0.5, 0.6) is 0 Å². The molecular weight excluding hydrogens is 285 g/mol. The summed E-state index contributed by atoms with van der Waals surface area (Å²) in [6.45, 7) is 0. The first-order valence-electron chi connectivity index (χ1n) is 4.17. The Labute approximate surface area is 104 Å². The fourth-order valence-corrected chi connectivity index (χ4v) is 1.32. The van der Waals surface area contributed by atoms with Crippen LogP contribution in [0.1, 0.15) is 5.56 Å². The number of carbonyl (C=O) groups is 1. The molecule has 94 valence electrons. The van der Waals surface area contributed by atoms with Crippen molar-refractivity contribution >= 4 is 34.8 Å². The molecule has 0 radical (unpaired) electrons. The van der Waals surface area contributed by atoms with Crippen molar-refractivity contribution in [2.24, 2.45) is 0 Å². The largest absolute Gasteiger partial charge is 0.419 e. The van der Waals surface area contributed by atoms with Crippen LogP contribution in [0, 0.1) is 5.82 Å². The fourth-order valence-electron chi connectivity index (χ4n) is 1.04. The molecule has 0 atom stereocenters. The van der Waals surface area contributed by atoms with Crippen LogP contribution in [0.2, 0.25) is 5.02 Å². The van der Waals surface area contributed by atoms with Gasteiger partial charge >= 0.3 is 6.18 Å². The Hall–Kier alpha value is -1.01. The normalized spacial score (nSPS) is 11.4. The maximum Gasteiger partial charge on any atom is 0.419 e. The van der Waals surface area contributed by atoms with E-state index in [1.54, 1.807) is 0 Å². The van der Waals surface area contributed by atoms with E-state index in [-0.39, 0.29) is 5.69 Å². The van der Waals surface area contributed by atoms with E-state index in [0.717, 1.165) is 0 Å². The minimum Gasteiger partial charge on any atom is -0.324 e. The Morgan fingerprint density at radius 2 is 1.94 bits per heavy atom. The van der Waals surface area contributed by atoms with Gasteiger partial charge in [-0.3, -0.25) is 4.79 Å². The average molecular weight is 290 g/mol. The second kappa shape index (κ2) is 5.10. The van der Waals surface area contributed by atoms with E-state index in [4.69, 9.17) is 23.2 Å². The molecule has 1 rings (SSSR count). The lowest BCUT2D eigenvalue weighted by Crippen LogP contribution is -2.14. The van der Waals surface area contributed by atoms with Crippen LogP contribution >= 0.6 is 23.2 Å².